The van der Waals surface area contributed by atoms with Crippen molar-refractivity contribution in [2.45, 2.75) is 60.3 Å². The number of carboxylic acids is 1. The number of carbonyl (C=O) groups excluding carboxylic acids is 1. The van der Waals surface area contributed by atoms with Gasteiger partial charge in [-0.15, -0.1) is 0 Å². The molecule has 6 rings (SSSR count). The van der Waals surface area contributed by atoms with Crippen molar-refractivity contribution in [3.05, 3.63) is 76.1 Å². The Morgan fingerprint density at radius 1 is 1.02 bits per heavy atom. The summed E-state index contributed by atoms with van der Waals surface area (Å²) in [6.45, 7) is 5.01. The fourth-order valence-corrected chi connectivity index (χ4v) is 7.50. The second-order valence-electron chi connectivity index (χ2n) is 10.7. The minimum Gasteiger partial charge on any atom is -0.478 e. The Kier molecular flexibility index (Phi) is 8.38. The molecule has 1 N–H and O–H groups in total. The quantitative estimate of drug-likeness (QED) is 0.372. The summed E-state index contributed by atoms with van der Waals surface area (Å²) < 4.78 is 5.56. The highest BCUT2D eigenvalue weighted by atomic mass is 32.2. The number of piperidine rings is 1. The van der Waals surface area contributed by atoms with E-state index in [0.29, 0.717) is 0 Å². The summed E-state index contributed by atoms with van der Waals surface area (Å²) in [7, 11) is 0. The van der Waals surface area contributed by atoms with Crippen molar-refractivity contribution in [3.63, 3.8) is 0 Å². The van der Waals surface area contributed by atoms with E-state index in [9.17, 15) is 9.59 Å². The van der Waals surface area contributed by atoms with E-state index in [1.54, 1.807) is 23.5 Å². The highest BCUT2D eigenvalue weighted by Crippen LogP contribution is 2.38. The minimum absolute atomic E-state index is 0.132. The van der Waals surface area contributed by atoms with Crippen molar-refractivity contribution in [2.75, 3.05) is 32.8 Å². The zero-order valence-corrected chi connectivity index (χ0v) is 24.0. The molecule has 210 valence electrons. The number of rotatable bonds is 8. The maximum absolute atomic E-state index is 13.8. The lowest BCUT2D eigenvalue weighted by atomic mass is 10.00. The molecule has 0 aliphatic carbocycles. The fraction of sp³-hybridized carbons (Fsp3) is 0.433. The molecule has 0 radical (unpaired) electrons. The summed E-state index contributed by atoms with van der Waals surface area (Å²) in [6, 6.07) is 14.0. The zero-order chi connectivity index (χ0) is 27.5. The molecular weight excluding hydrogens is 544 g/mol. The van der Waals surface area contributed by atoms with Crippen LogP contribution in [0, 0.1) is 0 Å². The lowest BCUT2D eigenvalue weighted by molar-refractivity contribution is 0.0493. The van der Waals surface area contributed by atoms with Crippen LogP contribution in [0.5, 0.6) is 0 Å². The van der Waals surface area contributed by atoms with Gasteiger partial charge in [0.15, 0.2) is 0 Å². The second-order valence-corrected chi connectivity index (χ2v) is 12.6. The normalized spacial score (nSPS) is 21.3. The van der Waals surface area contributed by atoms with Crippen molar-refractivity contribution >= 4 is 35.1 Å². The lowest BCUT2D eigenvalue weighted by Crippen LogP contribution is -2.48. The van der Waals surface area contributed by atoms with Crippen LogP contribution in [0.15, 0.2) is 69.3 Å². The standard InChI is InChI=1S/C30H34N4O4S2/c35-29(36)22-2-4-26(5-3-22)40-28-6-1-21(17-31-28)18-32-12-7-25(8-13-32)34-27(23-11-16-39-20-23)19-33(30(34)37)24-9-14-38-15-10-24/h1-6,11,16-17,20,24-25,27H,7-10,12-15,18-19H2,(H,35,36)/t27-/m0/s1. The van der Waals surface area contributed by atoms with E-state index in [0.717, 1.165) is 75.0 Å². The largest absolute Gasteiger partial charge is 0.478 e. The second kappa shape index (κ2) is 12.3. The molecular formula is C30H34N4O4S2. The SMILES string of the molecule is O=C(O)c1ccc(Sc2ccc(CN3CCC(N4C(=O)N(C5CCOCC5)C[C@H]4c4ccsc4)CC3)cn2)cc1. The molecule has 0 saturated carbocycles. The number of nitrogens with zero attached hydrogens (tertiary/aromatic N) is 4. The van der Waals surface area contributed by atoms with Crippen LogP contribution in [-0.4, -0.2) is 81.7 Å². The number of aromatic carboxylic acids is 1. The Labute approximate surface area is 242 Å². The van der Waals surface area contributed by atoms with E-state index in [1.807, 2.05) is 24.4 Å². The minimum atomic E-state index is -0.922. The third-order valence-corrected chi connectivity index (χ3v) is 9.87. The van der Waals surface area contributed by atoms with Crippen LogP contribution in [0.1, 0.15) is 53.2 Å². The summed E-state index contributed by atoms with van der Waals surface area (Å²) in [5.74, 6) is -0.922. The summed E-state index contributed by atoms with van der Waals surface area (Å²) in [5, 5.41) is 14.3. The van der Waals surface area contributed by atoms with Crippen molar-refractivity contribution in [2.24, 2.45) is 0 Å². The monoisotopic (exact) mass is 578 g/mol. The summed E-state index contributed by atoms with van der Waals surface area (Å²) >= 11 is 3.23. The van der Waals surface area contributed by atoms with E-state index in [2.05, 4.69) is 42.6 Å². The molecule has 5 heterocycles. The molecule has 3 aliphatic heterocycles. The number of aromatic nitrogens is 1. The number of hydrogen-bond acceptors (Lipinski definition) is 7. The van der Waals surface area contributed by atoms with Crippen LogP contribution in [0.4, 0.5) is 4.79 Å². The van der Waals surface area contributed by atoms with Crippen molar-refractivity contribution < 1.29 is 19.4 Å². The third-order valence-electron chi connectivity index (χ3n) is 8.21. The number of pyridine rings is 1. The zero-order valence-electron chi connectivity index (χ0n) is 22.4. The van der Waals surface area contributed by atoms with Crippen LogP contribution in [0.2, 0.25) is 0 Å². The van der Waals surface area contributed by atoms with Gasteiger partial charge in [0, 0.05) is 62.6 Å². The molecule has 0 unspecified atom stereocenters. The Balaban J connectivity index is 1.05. The molecule has 1 aromatic carbocycles. The number of carboxylic acid groups (broad SMARTS) is 1. The number of thiophene rings is 1. The number of likely N-dealkylation sites (tertiary alicyclic amines) is 1. The van der Waals surface area contributed by atoms with Gasteiger partial charge in [0.25, 0.3) is 0 Å². The van der Waals surface area contributed by atoms with Gasteiger partial charge < -0.3 is 19.6 Å². The van der Waals surface area contributed by atoms with E-state index in [4.69, 9.17) is 9.84 Å². The first kappa shape index (κ1) is 27.3. The smallest absolute Gasteiger partial charge is 0.335 e. The fourth-order valence-electron chi connectivity index (χ4n) is 6.04. The third kappa shape index (κ3) is 6.05. The number of hydrogen-bond donors (Lipinski definition) is 1. The van der Waals surface area contributed by atoms with Crippen molar-refractivity contribution in [1.82, 2.24) is 19.7 Å². The van der Waals surface area contributed by atoms with Gasteiger partial charge in [-0.2, -0.15) is 11.3 Å². The van der Waals surface area contributed by atoms with Crippen LogP contribution < -0.4 is 0 Å². The molecule has 3 fully saturated rings. The van der Waals surface area contributed by atoms with E-state index in [1.165, 1.54) is 22.9 Å². The Bertz CT molecular complexity index is 1290. The molecule has 2 amide bonds. The van der Waals surface area contributed by atoms with Gasteiger partial charge in [-0.1, -0.05) is 17.8 Å². The van der Waals surface area contributed by atoms with Crippen molar-refractivity contribution in [3.8, 4) is 0 Å². The van der Waals surface area contributed by atoms with Gasteiger partial charge in [-0.05, 0) is 84.0 Å². The number of amides is 2. The maximum atomic E-state index is 13.8. The molecule has 0 spiro atoms. The van der Waals surface area contributed by atoms with Crippen LogP contribution in [0.25, 0.3) is 0 Å². The Hall–Kier alpha value is -2.92. The van der Waals surface area contributed by atoms with E-state index in [-0.39, 0.29) is 29.7 Å². The first-order valence-electron chi connectivity index (χ1n) is 13.9. The molecule has 2 aromatic heterocycles. The maximum Gasteiger partial charge on any atom is 0.335 e. The van der Waals surface area contributed by atoms with E-state index >= 15 is 0 Å². The average Bonchev–Trinajstić information content (AvgIpc) is 3.64. The molecule has 0 bridgehead atoms. The summed E-state index contributed by atoms with van der Waals surface area (Å²) in [4.78, 5) is 37.2. The average molecular weight is 579 g/mol. The van der Waals surface area contributed by atoms with E-state index < -0.39 is 5.97 Å². The molecule has 3 aliphatic rings. The highest BCUT2D eigenvalue weighted by molar-refractivity contribution is 7.99. The van der Waals surface area contributed by atoms with Gasteiger partial charge in [-0.3, -0.25) is 4.90 Å². The van der Waals surface area contributed by atoms with Crippen LogP contribution in [-0.2, 0) is 11.3 Å². The Morgan fingerprint density at radius 3 is 2.45 bits per heavy atom. The van der Waals surface area contributed by atoms with Crippen LogP contribution in [0.3, 0.4) is 0 Å². The summed E-state index contributed by atoms with van der Waals surface area (Å²) in [5.41, 5.74) is 2.71. The molecule has 3 saturated heterocycles. The van der Waals surface area contributed by atoms with Gasteiger partial charge in [0.05, 0.1) is 11.6 Å². The predicted molar refractivity (Wildman–Crippen MR) is 155 cm³/mol. The number of ether oxygens (including phenoxy) is 1. The van der Waals surface area contributed by atoms with Gasteiger partial charge in [0.1, 0.15) is 5.03 Å². The van der Waals surface area contributed by atoms with Gasteiger partial charge in [-0.25, -0.2) is 14.6 Å². The van der Waals surface area contributed by atoms with Gasteiger partial charge in [0.2, 0.25) is 0 Å². The molecule has 3 aromatic rings. The van der Waals surface area contributed by atoms with Crippen LogP contribution >= 0.6 is 23.1 Å². The number of benzene rings is 1. The Morgan fingerprint density at radius 2 is 1.80 bits per heavy atom. The molecule has 10 heteroatoms. The number of carbonyl (C=O) groups is 2. The predicted octanol–water partition coefficient (Wildman–Crippen LogP) is 5.61. The molecule has 40 heavy (non-hydrogen) atoms. The van der Waals surface area contributed by atoms with Gasteiger partial charge >= 0.3 is 12.0 Å². The highest BCUT2D eigenvalue weighted by Gasteiger charge is 2.45. The molecule has 8 nitrogen and oxygen atoms in total. The lowest BCUT2D eigenvalue weighted by Gasteiger charge is -2.39. The first-order valence-corrected chi connectivity index (χ1v) is 15.7. The summed E-state index contributed by atoms with van der Waals surface area (Å²) in [6.07, 6.45) is 5.74. The first-order chi connectivity index (χ1) is 19.5. The number of urea groups is 1. The topological polar surface area (TPSA) is 86.2 Å². The molecule has 1 atom stereocenters. The van der Waals surface area contributed by atoms with Crippen molar-refractivity contribution in [1.29, 1.82) is 0 Å².